The number of nitrogens with one attached hydrogen (secondary N) is 1. The SMILES string of the molecule is N#Cc1ccc(C#C/C=C\c2cc(-c3ccccc3)n[nH]2)cc1. The molecule has 0 aliphatic rings. The molecule has 108 valence electrons. The van der Waals surface area contributed by atoms with Crippen molar-refractivity contribution in [3.05, 3.63) is 83.6 Å². The second-order valence-corrected chi connectivity index (χ2v) is 4.87. The summed E-state index contributed by atoms with van der Waals surface area (Å²) in [5.74, 6) is 6.00. The summed E-state index contributed by atoms with van der Waals surface area (Å²) in [6.45, 7) is 0. The molecule has 3 rings (SSSR count). The van der Waals surface area contributed by atoms with Gasteiger partial charge in [-0.1, -0.05) is 42.2 Å². The van der Waals surface area contributed by atoms with Crippen molar-refractivity contribution in [2.24, 2.45) is 0 Å². The number of nitriles is 1. The molecule has 3 nitrogen and oxygen atoms in total. The number of nitrogens with zero attached hydrogens (tertiary/aromatic N) is 2. The van der Waals surface area contributed by atoms with Gasteiger partial charge in [0, 0.05) is 11.1 Å². The standard InChI is InChI=1S/C20H13N3/c21-15-17-12-10-16(11-13-17)6-4-5-9-19-14-20(23-22-19)18-7-2-1-3-8-18/h1-3,5,7-14H,(H,22,23)/b9-5-. The van der Waals surface area contributed by atoms with Crippen LogP contribution < -0.4 is 0 Å². The third-order valence-corrected chi connectivity index (χ3v) is 3.24. The Labute approximate surface area is 134 Å². The van der Waals surface area contributed by atoms with Crippen LogP contribution in [0.5, 0.6) is 0 Å². The van der Waals surface area contributed by atoms with Crippen molar-refractivity contribution in [2.45, 2.75) is 0 Å². The maximum absolute atomic E-state index is 8.75. The Morgan fingerprint density at radius 2 is 1.70 bits per heavy atom. The van der Waals surface area contributed by atoms with Crippen molar-refractivity contribution in [1.29, 1.82) is 5.26 Å². The molecule has 2 aromatic carbocycles. The fourth-order valence-electron chi connectivity index (χ4n) is 2.06. The molecule has 23 heavy (non-hydrogen) atoms. The van der Waals surface area contributed by atoms with Gasteiger partial charge in [0.05, 0.1) is 23.0 Å². The monoisotopic (exact) mass is 295 g/mol. The zero-order valence-electron chi connectivity index (χ0n) is 12.3. The lowest BCUT2D eigenvalue weighted by molar-refractivity contribution is 1.08. The third-order valence-electron chi connectivity index (χ3n) is 3.24. The first-order valence-corrected chi connectivity index (χ1v) is 7.14. The van der Waals surface area contributed by atoms with Crippen molar-refractivity contribution in [3.63, 3.8) is 0 Å². The molecule has 0 aliphatic heterocycles. The minimum atomic E-state index is 0.636. The summed E-state index contributed by atoms with van der Waals surface area (Å²) >= 11 is 0. The summed E-state index contributed by atoms with van der Waals surface area (Å²) in [4.78, 5) is 0. The average molecular weight is 295 g/mol. The van der Waals surface area contributed by atoms with Gasteiger partial charge in [-0.25, -0.2) is 0 Å². The van der Waals surface area contributed by atoms with Crippen LogP contribution in [-0.4, -0.2) is 10.2 Å². The van der Waals surface area contributed by atoms with Crippen LogP contribution in [0.15, 0.2) is 66.7 Å². The highest BCUT2D eigenvalue weighted by atomic mass is 15.1. The number of hydrogen-bond donors (Lipinski definition) is 1. The van der Waals surface area contributed by atoms with E-state index in [1.165, 1.54) is 0 Å². The van der Waals surface area contributed by atoms with Gasteiger partial charge in [0.25, 0.3) is 0 Å². The van der Waals surface area contributed by atoms with Crippen molar-refractivity contribution >= 4 is 6.08 Å². The predicted octanol–water partition coefficient (Wildman–Crippen LogP) is 4.01. The van der Waals surface area contributed by atoms with E-state index in [4.69, 9.17) is 5.26 Å². The van der Waals surface area contributed by atoms with E-state index in [1.807, 2.05) is 54.6 Å². The molecule has 0 saturated carbocycles. The number of aromatic nitrogens is 2. The fourth-order valence-corrected chi connectivity index (χ4v) is 2.06. The van der Waals surface area contributed by atoms with Crippen LogP contribution in [-0.2, 0) is 0 Å². The topological polar surface area (TPSA) is 52.5 Å². The van der Waals surface area contributed by atoms with Gasteiger partial charge in [-0.3, -0.25) is 5.10 Å². The summed E-state index contributed by atoms with van der Waals surface area (Å²) in [5.41, 5.74) is 4.40. The Balaban J connectivity index is 1.68. The number of allylic oxidation sites excluding steroid dienone is 1. The van der Waals surface area contributed by atoms with Crippen LogP contribution in [0.3, 0.4) is 0 Å². The molecule has 0 fully saturated rings. The minimum absolute atomic E-state index is 0.636. The van der Waals surface area contributed by atoms with E-state index in [2.05, 4.69) is 28.1 Å². The number of benzene rings is 2. The second kappa shape index (κ2) is 6.93. The number of aromatic amines is 1. The molecule has 3 aromatic rings. The quantitative estimate of drug-likeness (QED) is 0.726. The summed E-state index contributed by atoms with van der Waals surface area (Å²) in [7, 11) is 0. The highest BCUT2D eigenvalue weighted by molar-refractivity contribution is 5.63. The van der Waals surface area contributed by atoms with E-state index in [0.717, 1.165) is 22.5 Å². The zero-order chi connectivity index (χ0) is 15.9. The summed E-state index contributed by atoms with van der Waals surface area (Å²) in [6, 6.07) is 21.3. The van der Waals surface area contributed by atoms with Crippen LogP contribution in [0, 0.1) is 23.2 Å². The smallest absolute Gasteiger partial charge is 0.0991 e. The number of H-pyrrole nitrogens is 1. The number of hydrogen-bond acceptors (Lipinski definition) is 2. The number of rotatable bonds is 2. The zero-order valence-corrected chi connectivity index (χ0v) is 12.3. The molecule has 0 aliphatic carbocycles. The van der Waals surface area contributed by atoms with Gasteiger partial charge < -0.3 is 0 Å². The molecule has 0 saturated heterocycles. The molecule has 0 bridgehead atoms. The van der Waals surface area contributed by atoms with E-state index in [-0.39, 0.29) is 0 Å². The first-order valence-electron chi connectivity index (χ1n) is 7.14. The summed E-state index contributed by atoms with van der Waals surface area (Å²) in [5, 5.41) is 16.0. The van der Waals surface area contributed by atoms with E-state index in [0.29, 0.717) is 5.56 Å². The first-order chi connectivity index (χ1) is 11.3. The molecule has 0 spiro atoms. The molecule has 1 heterocycles. The molecular formula is C20H13N3. The van der Waals surface area contributed by atoms with Crippen molar-refractivity contribution in [2.75, 3.05) is 0 Å². The maximum Gasteiger partial charge on any atom is 0.0991 e. The van der Waals surface area contributed by atoms with Crippen LogP contribution in [0.25, 0.3) is 17.3 Å². The molecular weight excluding hydrogens is 282 g/mol. The normalized spacial score (nSPS) is 10.0. The van der Waals surface area contributed by atoms with E-state index in [9.17, 15) is 0 Å². The van der Waals surface area contributed by atoms with Gasteiger partial charge >= 0.3 is 0 Å². The second-order valence-electron chi connectivity index (χ2n) is 4.87. The average Bonchev–Trinajstić information content (AvgIpc) is 3.09. The van der Waals surface area contributed by atoms with Gasteiger partial charge in [0.1, 0.15) is 0 Å². The van der Waals surface area contributed by atoms with Crippen LogP contribution in [0.2, 0.25) is 0 Å². The highest BCUT2D eigenvalue weighted by Gasteiger charge is 2.00. The van der Waals surface area contributed by atoms with Gasteiger partial charge in [-0.15, -0.1) is 0 Å². The Bertz CT molecular complexity index is 915. The predicted molar refractivity (Wildman–Crippen MR) is 91.1 cm³/mol. The van der Waals surface area contributed by atoms with E-state index >= 15 is 0 Å². The lowest BCUT2D eigenvalue weighted by Gasteiger charge is -1.92. The largest absolute Gasteiger partial charge is 0.278 e. The summed E-state index contributed by atoms with van der Waals surface area (Å²) < 4.78 is 0. The lowest BCUT2D eigenvalue weighted by atomic mass is 10.1. The molecule has 0 radical (unpaired) electrons. The van der Waals surface area contributed by atoms with Crippen molar-refractivity contribution in [3.8, 4) is 29.2 Å². The molecule has 0 atom stereocenters. The molecule has 0 unspecified atom stereocenters. The third kappa shape index (κ3) is 3.75. The Hall–Kier alpha value is -3.56. The fraction of sp³-hybridized carbons (Fsp3) is 0. The molecule has 1 N–H and O–H groups in total. The van der Waals surface area contributed by atoms with Gasteiger partial charge in [0.2, 0.25) is 0 Å². The van der Waals surface area contributed by atoms with Gasteiger partial charge in [-0.2, -0.15) is 10.4 Å². The lowest BCUT2D eigenvalue weighted by Crippen LogP contribution is -1.75. The van der Waals surface area contributed by atoms with Crippen LogP contribution >= 0.6 is 0 Å². The van der Waals surface area contributed by atoms with E-state index < -0.39 is 0 Å². The molecule has 0 amide bonds. The molecule has 1 aromatic heterocycles. The van der Waals surface area contributed by atoms with Crippen LogP contribution in [0.1, 0.15) is 16.8 Å². The van der Waals surface area contributed by atoms with Gasteiger partial charge in [0.15, 0.2) is 0 Å². The van der Waals surface area contributed by atoms with Crippen LogP contribution in [0.4, 0.5) is 0 Å². The maximum atomic E-state index is 8.75. The first kappa shape index (κ1) is 14.4. The highest BCUT2D eigenvalue weighted by Crippen LogP contribution is 2.17. The summed E-state index contributed by atoms with van der Waals surface area (Å²) in [6.07, 6.45) is 3.66. The Kier molecular flexibility index (Phi) is 4.34. The Morgan fingerprint density at radius 1 is 0.957 bits per heavy atom. The Morgan fingerprint density at radius 3 is 2.43 bits per heavy atom. The molecule has 3 heteroatoms. The van der Waals surface area contributed by atoms with Gasteiger partial charge in [-0.05, 0) is 42.5 Å². The minimum Gasteiger partial charge on any atom is -0.278 e. The van der Waals surface area contributed by atoms with E-state index in [1.54, 1.807) is 18.2 Å². The van der Waals surface area contributed by atoms with Crippen molar-refractivity contribution in [1.82, 2.24) is 10.2 Å². The van der Waals surface area contributed by atoms with Crippen molar-refractivity contribution < 1.29 is 0 Å².